The van der Waals surface area contributed by atoms with E-state index in [4.69, 9.17) is 4.84 Å². The van der Waals surface area contributed by atoms with E-state index in [1.54, 1.807) is 31.3 Å². The van der Waals surface area contributed by atoms with Gasteiger partial charge in [-0.05, 0) is 22.2 Å². The summed E-state index contributed by atoms with van der Waals surface area (Å²) in [7, 11) is 7.44. The van der Waals surface area contributed by atoms with Crippen molar-refractivity contribution in [1.29, 1.82) is 0 Å². The minimum absolute atomic E-state index is 0.341. The van der Waals surface area contributed by atoms with E-state index in [0.29, 0.717) is 21.4 Å². The second-order valence-electron chi connectivity index (χ2n) is 4.94. The van der Waals surface area contributed by atoms with Gasteiger partial charge in [0.05, 0.1) is 26.5 Å². The third-order valence-corrected chi connectivity index (χ3v) is 2.54. The Hall–Kier alpha value is -2.28. The molecule has 19 heavy (non-hydrogen) atoms. The number of amidine groups is 1. The second kappa shape index (κ2) is 4.77. The van der Waals surface area contributed by atoms with Gasteiger partial charge in [-0.2, -0.15) is 4.99 Å². The predicted octanol–water partition coefficient (Wildman–Crippen LogP) is -2.01. The van der Waals surface area contributed by atoms with Crippen LogP contribution in [0.4, 0.5) is 0 Å². The summed E-state index contributed by atoms with van der Waals surface area (Å²) in [5, 5.41) is 8.19. The molecule has 0 spiro atoms. The first-order chi connectivity index (χ1) is 8.93. The highest BCUT2D eigenvalue weighted by molar-refractivity contribution is 5.76. The van der Waals surface area contributed by atoms with Crippen LogP contribution in [0.25, 0.3) is 10.9 Å². The number of hydrogen-bond acceptors (Lipinski definition) is 4. The molecule has 1 heterocycles. The third kappa shape index (κ3) is 2.60. The summed E-state index contributed by atoms with van der Waals surface area (Å²) in [5.41, 5.74) is 0.204. The average Bonchev–Trinajstić information content (AvgIpc) is 2.37. The SMILES string of the molecule is C[NH+]=C(On1nnc2ccccc2c1=O)[N+](C)(C)C. The molecule has 7 heteroatoms. The number of nitrogens with zero attached hydrogens (tertiary/aromatic N) is 4. The van der Waals surface area contributed by atoms with Gasteiger partial charge < -0.3 is 0 Å². The smallest absolute Gasteiger partial charge is 0.263 e. The molecule has 1 aromatic carbocycles. The van der Waals surface area contributed by atoms with Crippen molar-refractivity contribution in [3.63, 3.8) is 0 Å². The lowest BCUT2D eigenvalue weighted by Crippen LogP contribution is -2.77. The van der Waals surface area contributed by atoms with Gasteiger partial charge in [-0.3, -0.25) is 4.79 Å². The summed E-state index contributed by atoms with van der Waals surface area (Å²) in [6.45, 7) is 0. The molecular weight excluding hydrogens is 246 g/mol. The largest absolute Gasteiger partial charge is 0.569 e. The zero-order valence-corrected chi connectivity index (χ0v) is 11.4. The van der Waals surface area contributed by atoms with Crippen LogP contribution in [0.3, 0.4) is 0 Å². The Labute approximate surface area is 110 Å². The van der Waals surface area contributed by atoms with Gasteiger partial charge in [-0.1, -0.05) is 12.1 Å². The van der Waals surface area contributed by atoms with Gasteiger partial charge >= 0.3 is 11.6 Å². The van der Waals surface area contributed by atoms with E-state index in [9.17, 15) is 4.79 Å². The van der Waals surface area contributed by atoms with Crippen molar-refractivity contribution in [3.8, 4) is 0 Å². The molecule has 100 valence electrons. The molecule has 0 aliphatic carbocycles. The summed E-state index contributed by atoms with van der Waals surface area (Å²) < 4.78 is 0.386. The van der Waals surface area contributed by atoms with Crippen LogP contribution < -0.4 is 15.4 Å². The van der Waals surface area contributed by atoms with Crippen LogP contribution in [-0.2, 0) is 0 Å². The topological polar surface area (TPSA) is 71.0 Å². The van der Waals surface area contributed by atoms with Crippen LogP contribution in [0.5, 0.6) is 0 Å². The first kappa shape index (κ1) is 13.2. The maximum atomic E-state index is 12.2. The predicted molar refractivity (Wildman–Crippen MR) is 70.3 cm³/mol. The molecule has 2 rings (SSSR count). The van der Waals surface area contributed by atoms with E-state index in [0.717, 1.165) is 4.85 Å². The Morgan fingerprint density at radius 1 is 1.32 bits per heavy atom. The molecule has 0 fully saturated rings. The van der Waals surface area contributed by atoms with E-state index >= 15 is 0 Å². The molecule has 1 N–H and O–H groups in total. The summed E-state index contributed by atoms with van der Waals surface area (Å²) in [5.74, 6) is 0. The highest BCUT2D eigenvalue weighted by atomic mass is 16.7. The van der Waals surface area contributed by atoms with E-state index in [1.807, 2.05) is 21.1 Å². The first-order valence-corrected chi connectivity index (χ1v) is 5.83. The van der Waals surface area contributed by atoms with Gasteiger partial charge in [0.25, 0.3) is 0 Å². The number of fused-ring (bicyclic) bond motifs is 1. The molecule has 0 aliphatic heterocycles. The van der Waals surface area contributed by atoms with Crippen LogP contribution in [0.1, 0.15) is 0 Å². The molecule has 0 saturated carbocycles. The first-order valence-electron chi connectivity index (χ1n) is 5.83. The Bertz CT molecular complexity index is 684. The van der Waals surface area contributed by atoms with Crippen molar-refractivity contribution in [1.82, 2.24) is 15.2 Å². The zero-order chi connectivity index (χ0) is 14.0. The fourth-order valence-corrected chi connectivity index (χ4v) is 1.62. The van der Waals surface area contributed by atoms with Gasteiger partial charge in [0.2, 0.25) is 0 Å². The molecule has 0 amide bonds. The summed E-state index contributed by atoms with van der Waals surface area (Å²) in [6, 6.07) is 7.48. The third-order valence-electron chi connectivity index (χ3n) is 2.54. The molecule has 0 bridgehead atoms. The molecular formula is C12H17N5O2+2. The lowest BCUT2D eigenvalue weighted by Gasteiger charge is -2.17. The Balaban J connectivity index is 2.48. The fourth-order valence-electron chi connectivity index (χ4n) is 1.62. The van der Waals surface area contributed by atoms with Crippen molar-refractivity contribution < 1.29 is 14.3 Å². The normalized spacial score (nSPS) is 12.7. The molecule has 7 nitrogen and oxygen atoms in total. The van der Waals surface area contributed by atoms with Gasteiger partial charge in [0.1, 0.15) is 12.6 Å². The van der Waals surface area contributed by atoms with Gasteiger partial charge in [-0.25, -0.2) is 9.32 Å². The van der Waals surface area contributed by atoms with E-state index in [1.165, 1.54) is 0 Å². The Kier molecular flexibility index (Phi) is 3.30. The van der Waals surface area contributed by atoms with Crippen molar-refractivity contribution in [2.45, 2.75) is 0 Å². The number of benzene rings is 1. The van der Waals surface area contributed by atoms with Crippen molar-refractivity contribution in [2.75, 3.05) is 28.2 Å². The molecule has 0 atom stereocenters. The monoisotopic (exact) mass is 263 g/mol. The minimum Gasteiger partial charge on any atom is -0.263 e. The zero-order valence-electron chi connectivity index (χ0n) is 11.4. The number of hydrogen-bond donors (Lipinski definition) is 1. The molecule has 0 unspecified atom stereocenters. The highest BCUT2D eigenvalue weighted by Gasteiger charge is 2.28. The van der Waals surface area contributed by atoms with Crippen LogP contribution >= 0.6 is 0 Å². The van der Waals surface area contributed by atoms with E-state index in [-0.39, 0.29) is 5.56 Å². The van der Waals surface area contributed by atoms with E-state index < -0.39 is 0 Å². The molecule has 2 aromatic rings. The van der Waals surface area contributed by atoms with Gasteiger partial charge in [-0.15, -0.1) is 5.10 Å². The van der Waals surface area contributed by atoms with Crippen molar-refractivity contribution in [2.24, 2.45) is 0 Å². The lowest BCUT2D eigenvalue weighted by molar-refractivity contribution is -0.814. The maximum absolute atomic E-state index is 12.2. The summed E-state index contributed by atoms with van der Waals surface area (Å²) >= 11 is 0. The van der Waals surface area contributed by atoms with Crippen LogP contribution in [-0.4, -0.2) is 53.9 Å². The average molecular weight is 263 g/mol. The van der Waals surface area contributed by atoms with Crippen LogP contribution in [0, 0.1) is 0 Å². The molecule has 0 aliphatic rings. The summed E-state index contributed by atoms with van der Waals surface area (Å²) in [4.78, 5) is 21.5. The standard InChI is InChI=1S/C12H16N5O2/c1-13-12(17(2,3)4)19-16-11(18)9-7-5-6-8-10(9)14-15-16/h5-8H,1-4H3/q+1/p+1. The van der Waals surface area contributed by atoms with Crippen molar-refractivity contribution in [3.05, 3.63) is 34.6 Å². The highest BCUT2D eigenvalue weighted by Crippen LogP contribution is 2.02. The fraction of sp³-hybridized carbons (Fsp3) is 0.333. The van der Waals surface area contributed by atoms with Gasteiger partial charge in [0.15, 0.2) is 0 Å². The number of aromatic nitrogens is 3. The molecule has 1 aromatic heterocycles. The molecule has 0 radical (unpaired) electrons. The molecule has 0 saturated heterocycles. The lowest BCUT2D eigenvalue weighted by atomic mass is 10.2. The van der Waals surface area contributed by atoms with Crippen molar-refractivity contribution >= 4 is 16.9 Å². The van der Waals surface area contributed by atoms with Crippen LogP contribution in [0.15, 0.2) is 29.1 Å². The maximum Gasteiger partial charge on any atom is 0.569 e. The van der Waals surface area contributed by atoms with E-state index in [2.05, 4.69) is 15.3 Å². The quantitative estimate of drug-likeness (QED) is 0.367. The summed E-state index contributed by atoms with van der Waals surface area (Å²) in [6.07, 6.45) is 0. The number of nitrogens with one attached hydrogen (secondary N) is 1. The number of quaternary nitrogens is 1. The van der Waals surface area contributed by atoms with Gasteiger partial charge in [0, 0.05) is 0 Å². The van der Waals surface area contributed by atoms with Crippen LogP contribution in [0.2, 0.25) is 0 Å². The number of rotatable bonds is 1. The Morgan fingerprint density at radius 3 is 2.63 bits per heavy atom. The second-order valence-corrected chi connectivity index (χ2v) is 4.94. The Morgan fingerprint density at radius 2 is 2.00 bits per heavy atom. The minimum atomic E-state index is -0.341.